The predicted molar refractivity (Wildman–Crippen MR) is 127 cm³/mol. The topological polar surface area (TPSA) is 48.7 Å². The van der Waals surface area contributed by atoms with E-state index in [4.69, 9.17) is 10.1 Å². The van der Waals surface area contributed by atoms with E-state index in [0.29, 0.717) is 19.0 Å². The summed E-state index contributed by atoms with van der Waals surface area (Å²) in [5, 5.41) is 8.43. The average molecular weight is 469 g/mol. The summed E-state index contributed by atoms with van der Waals surface area (Å²) in [5.41, 5.74) is 2.05. The zero-order chi connectivity index (χ0) is 24.0. The molecule has 34 heavy (non-hydrogen) atoms. The second-order valence-electron chi connectivity index (χ2n) is 9.20. The van der Waals surface area contributed by atoms with Gasteiger partial charge < -0.3 is 10.2 Å². The summed E-state index contributed by atoms with van der Waals surface area (Å²) in [7, 11) is 2.02. The van der Waals surface area contributed by atoms with Crippen LogP contribution in [-0.2, 0) is 19.3 Å². The van der Waals surface area contributed by atoms with Gasteiger partial charge in [0.1, 0.15) is 5.82 Å². The maximum absolute atomic E-state index is 13.0. The zero-order valence-corrected chi connectivity index (χ0v) is 19.3. The molecule has 2 aliphatic rings. The van der Waals surface area contributed by atoms with Crippen molar-refractivity contribution in [3.63, 3.8) is 0 Å². The summed E-state index contributed by atoms with van der Waals surface area (Å²) >= 11 is 0. The normalized spacial score (nSPS) is 17.6. The Kier molecular flexibility index (Phi) is 5.50. The van der Waals surface area contributed by atoms with Crippen molar-refractivity contribution in [3.8, 4) is 0 Å². The number of aromatic nitrogens is 2. The maximum Gasteiger partial charge on any atom is 0.416 e. The number of hydrogen-bond acceptors (Lipinski definition) is 5. The Labute approximate surface area is 196 Å². The molecule has 0 bridgehead atoms. The third-order valence-corrected chi connectivity index (χ3v) is 6.33. The third-order valence-electron chi connectivity index (χ3n) is 6.33. The Morgan fingerprint density at radius 1 is 1.06 bits per heavy atom. The minimum absolute atomic E-state index is 0.189. The molecule has 0 aliphatic carbocycles. The number of anilines is 3. The number of hydrogen-bond donors (Lipinski definition) is 1. The molecule has 1 aromatic heterocycles. The molecule has 0 saturated heterocycles. The van der Waals surface area contributed by atoms with Crippen LogP contribution < -0.4 is 10.2 Å². The van der Waals surface area contributed by atoms with Crippen molar-refractivity contribution in [2.24, 2.45) is 10.9 Å². The first-order valence-corrected chi connectivity index (χ1v) is 11.3. The van der Waals surface area contributed by atoms with E-state index < -0.39 is 11.7 Å². The standard InChI is InChI=1S/C25H27F3N6/c1-16(2)21-15-33-23-20(14-32(3)24(33)30-21)22(29-19-7-5-4-6-8-19)34(31-23)13-17-9-11-18(12-10-17)25(26,27)28/h4-12,16,21,29H,13-15H2,1-3H3/t21-/m0/s1. The molecule has 0 fully saturated rings. The fourth-order valence-electron chi connectivity index (χ4n) is 4.41. The molecule has 0 unspecified atom stereocenters. The van der Waals surface area contributed by atoms with E-state index in [1.165, 1.54) is 12.1 Å². The number of aliphatic imine (C=N–C) groups is 1. The van der Waals surface area contributed by atoms with Gasteiger partial charge in [-0.1, -0.05) is 44.2 Å². The molecule has 0 amide bonds. The monoisotopic (exact) mass is 468 g/mol. The van der Waals surface area contributed by atoms with Crippen molar-refractivity contribution in [1.29, 1.82) is 0 Å². The summed E-state index contributed by atoms with van der Waals surface area (Å²) in [4.78, 5) is 9.21. The van der Waals surface area contributed by atoms with Crippen molar-refractivity contribution >= 4 is 23.3 Å². The fourth-order valence-corrected chi connectivity index (χ4v) is 4.41. The Balaban J connectivity index is 1.53. The van der Waals surface area contributed by atoms with Crippen LogP contribution in [0, 0.1) is 5.92 Å². The van der Waals surface area contributed by atoms with E-state index in [2.05, 4.69) is 29.0 Å². The minimum atomic E-state index is -4.35. The largest absolute Gasteiger partial charge is 0.416 e. The average Bonchev–Trinajstić information content (AvgIpc) is 3.38. The summed E-state index contributed by atoms with van der Waals surface area (Å²) in [5.74, 6) is 3.01. The van der Waals surface area contributed by atoms with Gasteiger partial charge >= 0.3 is 6.18 Å². The fraction of sp³-hybridized carbons (Fsp3) is 0.360. The van der Waals surface area contributed by atoms with Gasteiger partial charge in [0.05, 0.1) is 36.8 Å². The van der Waals surface area contributed by atoms with Crippen molar-refractivity contribution in [1.82, 2.24) is 14.7 Å². The number of halogens is 3. The molecule has 9 heteroatoms. The highest BCUT2D eigenvalue weighted by Gasteiger charge is 2.39. The molecule has 3 aromatic rings. The molecule has 178 valence electrons. The molecular formula is C25H27F3N6. The van der Waals surface area contributed by atoms with Crippen LogP contribution in [0.2, 0.25) is 0 Å². The molecule has 6 nitrogen and oxygen atoms in total. The van der Waals surface area contributed by atoms with E-state index in [0.717, 1.165) is 53.1 Å². The highest BCUT2D eigenvalue weighted by molar-refractivity contribution is 6.00. The second-order valence-corrected chi connectivity index (χ2v) is 9.20. The predicted octanol–water partition coefficient (Wildman–Crippen LogP) is 5.34. The Morgan fingerprint density at radius 3 is 2.41 bits per heavy atom. The van der Waals surface area contributed by atoms with Gasteiger partial charge in [-0.2, -0.15) is 18.3 Å². The van der Waals surface area contributed by atoms with Gasteiger partial charge in [-0.25, -0.2) is 9.67 Å². The Morgan fingerprint density at radius 2 is 1.76 bits per heavy atom. The van der Waals surface area contributed by atoms with Gasteiger partial charge in [0.25, 0.3) is 0 Å². The van der Waals surface area contributed by atoms with Crippen molar-refractivity contribution < 1.29 is 13.2 Å². The summed E-state index contributed by atoms with van der Waals surface area (Å²) in [6, 6.07) is 15.3. The second kappa shape index (κ2) is 8.38. The lowest BCUT2D eigenvalue weighted by Crippen LogP contribution is -2.44. The van der Waals surface area contributed by atoms with Gasteiger partial charge in [0, 0.05) is 12.7 Å². The lowest BCUT2D eigenvalue weighted by Gasteiger charge is -2.32. The summed E-state index contributed by atoms with van der Waals surface area (Å²) in [6.45, 7) is 6.07. The number of para-hydroxylation sites is 1. The quantitative estimate of drug-likeness (QED) is 0.549. The minimum Gasteiger partial charge on any atom is -0.341 e. The first kappa shape index (κ1) is 22.3. The first-order chi connectivity index (χ1) is 16.2. The molecule has 0 radical (unpaired) electrons. The maximum atomic E-state index is 13.0. The molecule has 5 rings (SSSR count). The molecule has 1 atom stereocenters. The highest BCUT2D eigenvalue weighted by atomic mass is 19.4. The molecule has 3 heterocycles. The molecule has 2 aliphatic heterocycles. The van der Waals surface area contributed by atoms with E-state index >= 15 is 0 Å². The number of fused-ring (bicyclic) bond motifs is 3. The van der Waals surface area contributed by atoms with Crippen LogP contribution in [0.15, 0.2) is 59.6 Å². The van der Waals surface area contributed by atoms with Crippen LogP contribution in [0.5, 0.6) is 0 Å². The van der Waals surface area contributed by atoms with Crippen LogP contribution in [0.25, 0.3) is 0 Å². The van der Waals surface area contributed by atoms with Crippen LogP contribution in [0.1, 0.15) is 30.5 Å². The number of benzene rings is 2. The third kappa shape index (κ3) is 4.10. The molecule has 0 spiro atoms. The van der Waals surface area contributed by atoms with Gasteiger partial charge in [-0.15, -0.1) is 0 Å². The smallest absolute Gasteiger partial charge is 0.341 e. The van der Waals surface area contributed by atoms with E-state index in [1.807, 2.05) is 42.1 Å². The van der Waals surface area contributed by atoms with E-state index in [1.54, 1.807) is 0 Å². The molecule has 0 saturated carbocycles. The summed E-state index contributed by atoms with van der Waals surface area (Å²) in [6.07, 6.45) is -4.35. The summed E-state index contributed by atoms with van der Waals surface area (Å²) < 4.78 is 40.9. The number of alkyl halides is 3. The van der Waals surface area contributed by atoms with Gasteiger partial charge in [0.15, 0.2) is 5.82 Å². The molecular weight excluding hydrogens is 441 g/mol. The van der Waals surface area contributed by atoms with Crippen LogP contribution >= 0.6 is 0 Å². The van der Waals surface area contributed by atoms with Crippen LogP contribution in [-0.4, -0.2) is 40.3 Å². The van der Waals surface area contributed by atoms with Crippen LogP contribution in [0.3, 0.4) is 0 Å². The lowest BCUT2D eigenvalue weighted by atomic mass is 10.1. The lowest BCUT2D eigenvalue weighted by molar-refractivity contribution is -0.137. The Hall–Kier alpha value is -3.49. The van der Waals surface area contributed by atoms with Gasteiger partial charge in [-0.3, -0.25) is 4.90 Å². The SMILES string of the molecule is CC(C)[C@@H]1CN2C(=N1)N(C)Cc1c2nn(Cc2ccc(C(F)(F)F)cc2)c1Nc1ccccc1. The molecule has 2 aromatic carbocycles. The number of rotatable bonds is 5. The number of guanidine groups is 1. The van der Waals surface area contributed by atoms with E-state index in [-0.39, 0.29) is 6.04 Å². The van der Waals surface area contributed by atoms with Crippen molar-refractivity contribution in [2.45, 2.75) is 39.2 Å². The number of nitrogens with one attached hydrogen (secondary N) is 1. The Bertz CT molecular complexity index is 1200. The van der Waals surface area contributed by atoms with Crippen molar-refractivity contribution in [3.05, 3.63) is 71.3 Å². The number of nitrogens with zero attached hydrogens (tertiary/aromatic N) is 5. The first-order valence-electron chi connectivity index (χ1n) is 11.3. The van der Waals surface area contributed by atoms with Crippen LogP contribution in [0.4, 0.5) is 30.5 Å². The highest BCUT2D eigenvalue weighted by Crippen LogP contribution is 2.38. The van der Waals surface area contributed by atoms with Gasteiger partial charge in [0.2, 0.25) is 5.96 Å². The zero-order valence-electron chi connectivity index (χ0n) is 19.3. The van der Waals surface area contributed by atoms with Crippen molar-refractivity contribution in [2.75, 3.05) is 23.8 Å². The van der Waals surface area contributed by atoms with Gasteiger partial charge in [-0.05, 0) is 35.7 Å². The molecule has 1 N–H and O–H groups in total. The van der Waals surface area contributed by atoms with E-state index in [9.17, 15) is 13.2 Å².